The molecule has 5 nitrogen and oxygen atoms in total. The number of benzene rings is 1. The largest absolute Gasteiger partial charge is 0.550 e. The standard InChI is InChI=1S/C14H11ClFNO4/c15-7-5-6(1-2-8(7)16)17-13(18)11-9-3-4-10(21-9)12(11)14(19)20/h1-5,9-12H,(H,17,18)(H,19,20)/p-1/t9-,10+,11-,12+/m1/s1. The summed E-state index contributed by atoms with van der Waals surface area (Å²) in [6, 6.07) is 3.72. The number of anilines is 1. The van der Waals surface area contributed by atoms with Crippen molar-refractivity contribution in [1.82, 2.24) is 0 Å². The zero-order valence-corrected chi connectivity index (χ0v) is 11.3. The lowest BCUT2D eigenvalue weighted by atomic mass is 9.82. The third kappa shape index (κ3) is 2.41. The molecule has 0 aromatic heterocycles. The number of hydrogen-bond acceptors (Lipinski definition) is 4. The quantitative estimate of drug-likeness (QED) is 0.835. The molecule has 2 bridgehead atoms. The van der Waals surface area contributed by atoms with Gasteiger partial charge in [0.25, 0.3) is 0 Å². The fourth-order valence-electron chi connectivity index (χ4n) is 2.70. The first-order valence-corrected chi connectivity index (χ1v) is 6.66. The van der Waals surface area contributed by atoms with Gasteiger partial charge >= 0.3 is 0 Å². The number of halogens is 2. The minimum absolute atomic E-state index is 0.131. The summed E-state index contributed by atoms with van der Waals surface area (Å²) in [7, 11) is 0. The van der Waals surface area contributed by atoms with Crippen LogP contribution in [0.3, 0.4) is 0 Å². The highest BCUT2D eigenvalue weighted by atomic mass is 35.5. The second-order valence-electron chi connectivity index (χ2n) is 4.94. The van der Waals surface area contributed by atoms with Gasteiger partial charge < -0.3 is 20.0 Å². The number of rotatable bonds is 3. The fourth-order valence-corrected chi connectivity index (χ4v) is 2.88. The van der Waals surface area contributed by atoms with Gasteiger partial charge in [-0.2, -0.15) is 0 Å². The normalized spacial score (nSPS) is 29.6. The van der Waals surface area contributed by atoms with Gasteiger partial charge in [0.15, 0.2) is 0 Å². The van der Waals surface area contributed by atoms with Crippen molar-refractivity contribution in [1.29, 1.82) is 0 Å². The van der Waals surface area contributed by atoms with Gasteiger partial charge in [-0.25, -0.2) is 4.39 Å². The van der Waals surface area contributed by atoms with Crippen LogP contribution in [0.25, 0.3) is 0 Å². The molecule has 1 aromatic carbocycles. The van der Waals surface area contributed by atoms with E-state index in [1.807, 2.05) is 0 Å². The maximum atomic E-state index is 13.1. The summed E-state index contributed by atoms with van der Waals surface area (Å²) < 4.78 is 18.4. The minimum Gasteiger partial charge on any atom is -0.550 e. The topological polar surface area (TPSA) is 78.5 Å². The number of amides is 1. The molecule has 1 N–H and O–H groups in total. The monoisotopic (exact) mass is 310 g/mol. The molecule has 1 amide bonds. The molecule has 2 aliphatic heterocycles. The van der Waals surface area contributed by atoms with E-state index < -0.39 is 41.7 Å². The van der Waals surface area contributed by atoms with Crippen LogP contribution in [0.15, 0.2) is 30.4 Å². The number of fused-ring (bicyclic) bond motifs is 2. The third-order valence-corrected chi connectivity index (χ3v) is 3.95. The molecule has 110 valence electrons. The van der Waals surface area contributed by atoms with Crippen molar-refractivity contribution in [2.24, 2.45) is 11.8 Å². The van der Waals surface area contributed by atoms with Gasteiger partial charge in [-0.05, 0) is 18.2 Å². The Morgan fingerprint density at radius 1 is 1.24 bits per heavy atom. The molecule has 21 heavy (non-hydrogen) atoms. The van der Waals surface area contributed by atoms with Gasteiger partial charge in [0.05, 0.1) is 23.1 Å². The van der Waals surface area contributed by atoms with E-state index in [0.29, 0.717) is 0 Å². The number of nitrogens with one attached hydrogen (secondary N) is 1. The summed E-state index contributed by atoms with van der Waals surface area (Å²) in [5.74, 6) is -4.37. The lowest BCUT2D eigenvalue weighted by molar-refractivity contribution is -0.313. The van der Waals surface area contributed by atoms with Crippen molar-refractivity contribution < 1.29 is 23.8 Å². The molecule has 4 atom stereocenters. The second-order valence-corrected chi connectivity index (χ2v) is 5.35. The summed E-state index contributed by atoms with van der Waals surface area (Å²) in [4.78, 5) is 23.4. The van der Waals surface area contributed by atoms with Crippen LogP contribution in [0.1, 0.15) is 0 Å². The molecular formula is C14H10ClFNO4-. The van der Waals surface area contributed by atoms with Crippen molar-refractivity contribution >= 4 is 29.2 Å². The molecule has 1 fully saturated rings. The Kier molecular flexibility index (Phi) is 3.43. The van der Waals surface area contributed by atoms with E-state index in [4.69, 9.17) is 16.3 Å². The summed E-state index contributed by atoms with van der Waals surface area (Å²) >= 11 is 5.63. The summed E-state index contributed by atoms with van der Waals surface area (Å²) in [5.41, 5.74) is 0.287. The van der Waals surface area contributed by atoms with Crippen molar-refractivity contribution in [2.75, 3.05) is 5.32 Å². The Morgan fingerprint density at radius 2 is 1.90 bits per heavy atom. The van der Waals surface area contributed by atoms with E-state index in [2.05, 4.69) is 5.32 Å². The van der Waals surface area contributed by atoms with Gasteiger partial charge in [-0.15, -0.1) is 0 Å². The molecule has 0 radical (unpaired) electrons. The minimum atomic E-state index is -1.33. The van der Waals surface area contributed by atoms with Crippen molar-refractivity contribution in [3.63, 3.8) is 0 Å². The van der Waals surface area contributed by atoms with Gasteiger partial charge in [0.1, 0.15) is 5.82 Å². The highest BCUT2D eigenvalue weighted by Gasteiger charge is 2.50. The second kappa shape index (κ2) is 5.13. The number of hydrogen-bond donors (Lipinski definition) is 1. The van der Waals surface area contributed by atoms with E-state index in [0.717, 1.165) is 6.07 Å². The molecule has 0 aliphatic carbocycles. The predicted octanol–water partition coefficient (Wildman–Crippen LogP) is 0.737. The fraction of sp³-hybridized carbons (Fsp3) is 0.286. The molecule has 7 heteroatoms. The Hall–Kier alpha value is -1.92. The van der Waals surface area contributed by atoms with Crippen molar-refractivity contribution in [2.45, 2.75) is 12.2 Å². The SMILES string of the molecule is O=C([O-])[C@@H]1[C@H](C(=O)Nc2ccc(F)c(Cl)c2)[C@H]2C=C[C@@H]1O2. The molecular weight excluding hydrogens is 301 g/mol. The van der Waals surface area contributed by atoms with Gasteiger partial charge in [-0.1, -0.05) is 23.8 Å². The molecule has 2 heterocycles. The number of ether oxygens (including phenoxy) is 1. The van der Waals surface area contributed by atoms with Gasteiger partial charge in [0, 0.05) is 17.6 Å². The zero-order chi connectivity index (χ0) is 15.1. The molecule has 0 unspecified atom stereocenters. The Bertz CT molecular complexity index is 648. The van der Waals surface area contributed by atoms with Crippen molar-refractivity contribution in [3.8, 4) is 0 Å². The molecule has 1 saturated heterocycles. The van der Waals surface area contributed by atoms with Crippen LogP contribution in [0.5, 0.6) is 0 Å². The number of carboxylic acids is 1. The predicted molar refractivity (Wildman–Crippen MR) is 69.8 cm³/mol. The first-order valence-electron chi connectivity index (χ1n) is 6.28. The van der Waals surface area contributed by atoms with E-state index in [9.17, 15) is 19.1 Å². The Labute approximate surface area is 124 Å². The van der Waals surface area contributed by atoms with E-state index in [-0.39, 0.29) is 10.7 Å². The smallest absolute Gasteiger partial charge is 0.231 e. The van der Waals surface area contributed by atoms with Crippen LogP contribution >= 0.6 is 11.6 Å². The first-order chi connectivity index (χ1) is 9.97. The summed E-state index contributed by atoms with van der Waals surface area (Å²) in [6.45, 7) is 0. The van der Waals surface area contributed by atoms with Crippen LogP contribution in [0, 0.1) is 17.7 Å². The average molecular weight is 311 g/mol. The lowest BCUT2D eigenvalue weighted by Gasteiger charge is -2.25. The van der Waals surface area contributed by atoms with Crippen LogP contribution in [-0.4, -0.2) is 24.1 Å². The number of aliphatic carboxylic acids is 1. The first kappa shape index (κ1) is 14.0. The van der Waals surface area contributed by atoms with Crippen molar-refractivity contribution in [3.05, 3.63) is 41.2 Å². The van der Waals surface area contributed by atoms with E-state index in [1.165, 1.54) is 12.1 Å². The van der Waals surface area contributed by atoms with E-state index >= 15 is 0 Å². The van der Waals surface area contributed by atoms with Crippen LogP contribution in [0.2, 0.25) is 5.02 Å². The highest BCUT2D eigenvalue weighted by molar-refractivity contribution is 6.31. The highest BCUT2D eigenvalue weighted by Crippen LogP contribution is 2.39. The van der Waals surface area contributed by atoms with E-state index in [1.54, 1.807) is 12.2 Å². The molecule has 0 spiro atoms. The summed E-state index contributed by atoms with van der Waals surface area (Å²) in [5, 5.41) is 13.6. The van der Waals surface area contributed by atoms with Gasteiger partial charge in [0.2, 0.25) is 5.91 Å². The third-order valence-electron chi connectivity index (χ3n) is 3.66. The number of carboxylic acid groups (broad SMARTS) is 1. The Morgan fingerprint density at radius 3 is 2.52 bits per heavy atom. The maximum absolute atomic E-state index is 13.1. The van der Waals surface area contributed by atoms with Crippen LogP contribution in [0.4, 0.5) is 10.1 Å². The number of carbonyl (C=O) groups excluding carboxylic acids is 2. The van der Waals surface area contributed by atoms with Crippen LogP contribution in [-0.2, 0) is 14.3 Å². The number of carbonyl (C=O) groups is 2. The zero-order valence-electron chi connectivity index (χ0n) is 10.6. The molecule has 3 rings (SSSR count). The molecule has 0 saturated carbocycles. The van der Waals surface area contributed by atoms with Gasteiger partial charge in [-0.3, -0.25) is 4.79 Å². The van der Waals surface area contributed by atoms with Crippen LogP contribution < -0.4 is 10.4 Å². The summed E-state index contributed by atoms with van der Waals surface area (Å²) in [6.07, 6.45) is 2.04. The maximum Gasteiger partial charge on any atom is 0.231 e. The molecule has 2 aliphatic rings. The average Bonchev–Trinajstić information content (AvgIpc) is 3.03. The Balaban J connectivity index is 1.80. The lowest BCUT2D eigenvalue weighted by Crippen LogP contribution is -2.45. The molecule has 1 aromatic rings.